The van der Waals surface area contributed by atoms with Gasteiger partial charge in [-0.3, -0.25) is 9.48 Å². The van der Waals surface area contributed by atoms with Crippen molar-refractivity contribution >= 4 is 21.7 Å². The van der Waals surface area contributed by atoms with E-state index in [0.29, 0.717) is 5.69 Å². The van der Waals surface area contributed by atoms with Gasteiger partial charge in [-0.25, -0.2) is 0 Å². The second-order valence-electron chi connectivity index (χ2n) is 4.18. The fourth-order valence-electron chi connectivity index (χ4n) is 1.91. The van der Waals surface area contributed by atoms with Gasteiger partial charge >= 0.3 is 0 Å². The summed E-state index contributed by atoms with van der Waals surface area (Å²) in [5.41, 5.74) is 2.34. The third-order valence-electron chi connectivity index (χ3n) is 2.90. The van der Waals surface area contributed by atoms with E-state index in [1.165, 1.54) is 0 Å². The van der Waals surface area contributed by atoms with Gasteiger partial charge in [0.1, 0.15) is 5.69 Å². The van der Waals surface area contributed by atoms with E-state index < -0.39 is 0 Å². The van der Waals surface area contributed by atoms with Crippen LogP contribution in [0.5, 0.6) is 0 Å². The molecule has 0 atom stereocenters. The first-order valence-corrected chi connectivity index (χ1v) is 6.76. The monoisotopic (exact) mass is 306 g/mol. The lowest BCUT2D eigenvalue weighted by Crippen LogP contribution is -2.12. The topological polar surface area (TPSA) is 34.9 Å². The molecule has 2 rings (SSSR count). The van der Waals surface area contributed by atoms with Gasteiger partial charge in [0.2, 0.25) is 5.78 Å². The maximum atomic E-state index is 12.5. The molecule has 0 saturated carbocycles. The first-order chi connectivity index (χ1) is 8.65. The number of aromatic nitrogens is 2. The summed E-state index contributed by atoms with van der Waals surface area (Å²) in [4.78, 5) is 12.5. The van der Waals surface area contributed by atoms with Crippen LogP contribution in [0.1, 0.15) is 35.0 Å². The van der Waals surface area contributed by atoms with Crippen LogP contribution in [-0.4, -0.2) is 15.6 Å². The zero-order valence-electron chi connectivity index (χ0n) is 10.5. The molecule has 0 aliphatic rings. The Bertz CT molecular complexity index is 575. The van der Waals surface area contributed by atoms with E-state index in [9.17, 15) is 4.79 Å². The number of benzene rings is 1. The van der Waals surface area contributed by atoms with Crippen molar-refractivity contribution < 1.29 is 4.79 Å². The molecule has 0 N–H and O–H groups in total. The Balaban J connectivity index is 2.42. The van der Waals surface area contributed by atoms with E-state index in [1.54, 1.807) is 16.9 Å². The van der Waals surface area contributed by atoms with Crippen molar-refractivity contribution in [3.8, 4) is 0 Å². The number of hydrogen-bond donors (Lipinski definition) is 0. The van der Waals surface area contributed by atoms with Gasteiger partial charge in [-0.2, -0.15) is 5.10 Å². The van der Waals surface area contributed by atoms with Crippen LogP contribution in [0.15, 0.2) is 34.9 Å². The molecule has 0 aliphatic heterocycles. The van der Waals surface area contributed by atoms with Gasteiger partial charge in [-0.1, -0.05) is 35.0 Å². The van der Waals surface area contributed by atoms with E-state index in [4.69, 9.17) is 0 Å². The average Bonchev–Trinajstić information content (AvgIpc) is 2.80. The van der Waals surface area contributed by atoms with Crippen LogP contribution < -0.4 is 0 Å². The number of carbonyl (C=O) groups excluding carboxylic acids is 1. The van der Waals surface area contributed by atoms with E-state index in [-0.39, 0.29) is 5.78 Å². The lowest BCUT2D eigenvalue weighted by Gasteiger charge is -2.08. The third-order valence-corrected chi connectivity index (χ3v) is 3.76. The molecule has 4 heteroatoms. The lowest BCUT2D eigenvalue weighted by atomic mass is 10.0. The Morgan fingerprint density at radius 1 is 1.39 bits per heavy atom. The summed E-state index contributed by atoms with van der Waals surface area (Å²) in [5.74, 6) is 0.0275. The highest BCUT2D eigenvalue weighted by Gasteiger charge is 2.16. The highest BCUT2D eigenvalue weighted by atomic mass is 79.9. The number of nitrogens with zero attached hydrogens (tertiary/aromatic N) is 2. The fourth-order valence-corrected chi connectivity index (χ4v) is 2.27. The fraction of sp³-hybridized carbons (Fsp3) is 0.286. The lowest BCUT2D eigenvalue weighted by molar-refractivity contribution is 0.102. The summed E-state index contributed by atoms with van der Waals surface area (Å²) in [5, 5.41) is 4.19. The van der Waals surface area contributed by atoms with Crippen LogP contribution in [-0.2, 0) is 6.54 Å². The summed E-state index contributed by atoms with van der Waals surface area (Å²) in [6.45, 7) is 4.78. The Hall–Kier alpha value is -1.42. The maximum Gasteiger partial charge on any atom is 0.211 e. The summed E-state index contributed by atoms with van der Waals surface area (Å²) >= 11 is 3.45. The normalized spacial score (nSPS) is 10.6. The number of rotatable bonds is 4. The summed E-state index contributed by atoms with van der Waals surface area (Å²) < 4.78 is 2.72. The van der Waals surface area contributed by atoms with E-state index in [0.717, 1.165) is 28.6 Å². The van der Waals surface area contributed by atoms with Crippen molar-refractivity contribution in [2.75, 3.05) is 0 Å². The number of halogens is 1. The van der Waals surface area contributed by atoms with E-state index in [1.807, 2.05) is 25.1 Å². The molecule has 0 radical (unpaired) electrons. The molecular weight excluding hydrogens is 292 g/mol. The predicted molar refractivity (Wildman–Crippen MR) is 74.8 cm³/mol. The molecular formula is C14H15BrN2O. The summed E-state index contributed by atoms with van der Waals surface area (Å²) in [6, 6.07) is 7.45. The van der Waals surface area contributed by atoms with Crippen LogP contribution in [0, 0.1) is 6.92 Å². The zero-order valence-corrected chi connectivity index (χ0v) is 12.1. The van der Waals surface area contributed by atoms with Gasteiger partial charge < -0.3 is 0 Å². The molecule has 1 heterocycles. The molecule has 0 bridgehead atoms. The van der Waals surface area contributed by atoms with Gasteiger partial charge in [-0.15, -0.1) is 0 Å². The number of carbonyl (C=O) groups is 1. The molecule has 0 fully saturated rings. The Morgan fingerprint density at radius 3 is 2.89 bits per heavy atom. The van der Waals surface area contributed by atoms with Crippen molar-refractivity contribution in [1.82, 2.24) is 9.78 Å². The van der Waals surface area contributed by atoms with Gasteiger partial charge in [-0.05, 0) is 31.0 Å². The van der Waals surface area contributed by atoms with Crippen LogP contribution >= 0.6 is 15.9 Å². The first-order valence-electron chi connectivity index (χ1n) is 5.96. The van der Waals surface area contributed by atoms with Crippen LogP contribution in [0.4, 0.5) is 0 Å². The Morgan fingerprint density at radius 2 is 2.17 bits per heavy atom. The van der Waals surface area contributed by atoms with Gasteiger partial charge in [0, 0.05) is 22.8 Å². The number of ketones is 1. The molecule has 18 heavy (non-hydrogen) atoms. The quantitative estimate of drug-likeness (QED) is 0.809. The minimum Gasteiger partial charge on any atom is -0.287 e. The zero-order chi connectivity index (χ0) is 13.1. The van der Waals surface area contributed by atoms with E-state index >= 15 is 0 Å². The standard InChI is InChI=1S/C14H15BrN2O/c1-3-9-17-13(7-8-16-17)14(18)11-5-4-6-12(15)10(11)2/h4-8H,3,9H2,1-2H3. The first kappa shape index (κ1) is 13.0. The molecule has 0 spiro atoms. The molecule has 2 aromatic rings. The second-order valence-corrected chi connectivity index (χ2v) is 5.04. The minimum atomic E-state index is 0.0275. The number of aryl methyl sites for hydroxylation is 1. The van der Waals surface area contributed by atoms with Crippen molar-refractivity contribution in [2.24, 2.45) is 0 Å². The molecule has 0 amide bonds. The summed E-state index contributed by atoms with van der Waals surface area (Å²) in [6.07, 6.45) is 2.63. The molecule has 0 aliphatic carbocycles. The van der Waals surface area contributed by atoms with Gasteiger partial charge in [0.05, 0.1) is 0 Å². The van der Waals surface area contributed by atoms with Crippen molar-refractivity contribution in [2.45, 2.75) is 26.8 Å². The van der Waals surface area contributed by atoms with E-state index in [2.05, 4.69) is 28.0 Å². The highest BCUT2D eigenvalue weighted by molar-refractivity contribution is 9.10. The van der Waals surface area contributed by atoms with Crippen molar-refractivity contribution in [3.05, 3.63) is 51.8 Å². The smallest absolute Gasteiger partial charge is 0.211 e. The third kappa shape index (κ3) is 2.38. The average molecular weight is 307 g/mol. The van der Waals surface area contributed by atoms with Crippen LogP contribution in [0.3, 0.4) is 0 Å². The van der Waals surface area contributed by atoms with Crippen molar-refractivity contribution in [1.29, 1.82) is 0 Å². The Kier molecular flexibility index (Phi) is 3.97. The van der Waals surface area contributed by atoms with Crippen LogP contribution in [0.2, 0.25) is 0 Å². The van der Waals surface area contributed by atoms with Gasteiger partial charge in [0.15, 0.2) is 0 Å². The minimum absolute atomic E-state index is 0.0275. The second kappa shape index (κ2) is 5.48. The molecule has 3 nitrogen and oxygen atoms in total. The number of hydrogen-bond acceptors (Lipinski definition) is 2. The molecule has 0 saturated heterocycles. The van der Waals surface area contributed by atoms with Gasteiger partial charge in [0.25, 0.3) is 0 Å². The predicted octanol–water partition coefficient (Wildman–Crippen LogP) is 3.60. The highest BCUT2D eigenvalue weighted by Crippen LogP contribution is 2.21. The van der Waals surface area contributed by atoms with Crippen LogP contribution in [0.25, 0.3) is 0 Å². The maximum absolute atomic E-state index is 12.5. The summed E-state index contributed by atoms with van der Waals surface area (Å²) in [7, 11) is 0. The largest absolute Gasteiger partial charge is 0.287 e. The molecule has 1 aromatic carbocycles. The molecule has 0 unspecified atom stereocenters. The Labute approximate surface area is 115 Å². The van der Waals surface area contributed by atoms with Crippen molar-refractivity contribution in [3.63, 3.8) is 0 Å². The molecule has 94 valence electrons. The molecule has 1 aromatic heterocycles. The SMILES string of the molecule is CCCn1nccc1C(=O)c1cccc(Br)c1C.